The van der Waals surface area contributed by atoms with E-state index in [1.54, 1.807) is 12.4 Å². The van der Waals surface area contributed by atoms with Crippen LogP contribution in [0.3, 0.4) is 0 Å². The summed E-state index contributed by atoms with van der Waals surface area (Å²) >= 11 is 0. The number of hydrogen-bond acceptors (Lipinski definition) is 7. The Morgan fingerprint density at radius 2 is 1.41 bits per heavy atom. The standard InChI is InChI=1S/C11H15N7O4/c1-16(2-8-4-17(14-12-8)6-10(19)20)3-9-5-18(15-13-9)7-11(21)22/h4-5H,2-3,6-7H2,1H3,(H,19,20)(H,21,22). The number of aromatic nitrogens is 6. The van der Waals surface area contributed by atoms with Gasteiger partial charge in [-0.2, -0.15) is 0 Å². The fraction of sp³-hybridized carbons (Fsp3) is 0.455. The van der Waals surface area contributed by atoms with Crippen LogP contribution in [-0.2, 0) is 35.8 Å². The summed E-state index contributed by atoms with van der Waals surface area (Å²) in [6, 6.07) is 0. The fourth-order valence-corrected chi connectivity index (χ4v) is 1.86. The Balaban J connectivity index is 1.88. The monoisotopic (exact) mass is 309 g/mol. The van der Waals surface area contributed by atoms with Crippen molar-refractivity contribution >= 4 is 11.9 Å². The van der Waals surface area contributed by atoms with E-state index in [1.807, 2.05) is 11.9 Å². The first-order valence-corrected chi connectivity index (χ1v) is 6.32. The molecule has 118 valence electrons. The zero-order valence-corrected chi connectivity index (χ0v) is 11.8. The van der Waals surface area contributed by atoms with Gasteiger partial charge in [-0.1, -0.05) is 10.4 Å². The minimum absolute atomic E-state index is 0.236. The van der Waals surface area contributed by atoms with E-state index in [0.29, 0.717) is 24.5 Å². The molecule has 0 spiro atoms. The van der Waals surface area contributed by atoms with Crippen LogP contribution in [0.5, 0.6) is 0 Å². The molecule has 0 aliphatic rings. The Kier molecular flexibility index (Phi) is 4.78. The first-order chi connectivity index (χ1) is 10.4. The molecule has 0 radical (unpaired) electrons. The summed E-state index contributed by atoms with van der Waals surface area (Å²) in [5.74, 6) is -1.97. The smallest absolute Gasteiger partial charge is 0.325 e. The maximum Gasteiger partial charge on any atom is 0.325 e. The summed E-state index contributed by atoms with van der Waals surface area (Å²) in [5.41, 5.74) is 1.25. The lowest BCUT2D eigenvalue weighted by atomic mass is 10.4. The van der Waals surface area contributed by atoms with E-state index in [-0.39, 0.29) is 13.1 Å². The van der Waals surface area contributed by atoms with E-state index in [4.69, 9.17) is 10.2 Å². The summed E-state index contributed by atoms with van der Waals surface area (Å²) < 4.78 is 2.49. The molecule has 2 N–H and O–H groups in total. The summed E-state index contributed by atoms with van der Waals surface area (Å²) in [7, 11) is 1.83. The van der Waals surface area contributed by atoms with Crippen molar-refractivity contribution < 1.29 is 19.8 Å². The molecule has 2 aromatic heterocycles. The van der Waals surface area contributed by atoms with Crippen molar-refractivity contribution in [2.24, 2.45) is 0 Å². The zero-order chi connectivity index (χ0) is 16.1. The minimum Gasteiger partial charge on any atom is -0.480 e. The van der Waals surface area contributed by atoms with Crippen LogP contribution in [0.25, 0.3) is 0 Å². The van der Waals surface area contributed by atoms with Crippen LogP contribution < -0.4 is 0 Å². The topological polar surface area (TPSA) is 139 Å². The lowest BCUT2D eigenvalue weighted by Gasteiger charge is -2.12. The quantitative estimate of drug-likeness (QED) is 0.607. The minimum atomic E-state index is -0.986. The molecule has 0 aliphatic carbocycles. The predicted octanol–water partition coefficient (Wildman–Crippen LogP) is -1.33. The van der Waals surface area contributed by atoms with Gasteiger partial charge in [0, 0.05) is 13.1 Å². The summed E-state index contributed by atoms with van der Waals surface area (Å²) in [5, 5.41) is 32.5. The lowest BCUT2D eigenvalue weighted by Crippen LogP contribution is -2.17. The molecule has 11 nitrogen and oxygen atoms in total. The van der Waals surface area contributed by atoms with Crippen molar-refractivity contribution in [3.8, 4) is 0 Å². The molecule has 0 fully saturated rings. The second kappa shape index (κ2) is 6.76. The van der Waals surface area contributed by atoms with Crippen LogP contribution in [0.1, 0.15) is 11.4 Å². The summed E-state index contributed by atoms with van der Waals surface area (Å²) in [6.07, 6.45) is 3.12. The average molecular weight is 309 g/mol. The van der Waals surface area contributed by atoms with Crippen molar-refractivity contribution in [3.63, 3.8) is 0 Å². The molecule has 2 rings (SSSR count). The van der Waals surface area contributed by atoms with Crippen molar-refractivity contribution in [1.29, 1.82) is 0 Å². The van der Waals surface area contributed by atoms with Gasteiger partial charge in [-0.15, -0.1) is 10.2 Å². The molecule has 2 heterocycles. The molecule has 2 aromatic rings. The normalized spacial score (nSPS) is 11.0. The van der Waals surface area contributed by atoms with Gasteiger partial charge in [-0.3, -0.25) is 14.5 Å². The average Bonchev–Trinajstić information content (AvgIpc) is 2.98. The third-order valence-corrected chi connectivity index (χ3v) is 2.63. The molecular weight excluding hydrogens is 294 g/mol. The van der Waals surface area contributed by atoms with E-state index < -0.39 is 11.9 Å². The lowest BCUT2D eigenvalue weighted by molar-refractivity contribution is -0.139. The largest absolute Gasteiger partial charge is 0.480 e. The molecule has 0 aliphatic heterocycles. The van der Waals surface area contributed by atoms with Crippen LogP contribution in [-0.4, -0.2) is 64.1 Å². The molecule has 0 bridgehead atoms. The molecule has 0 atom stereocenters. The van der Waals surface area contributed by atoms with Gasteiger partial charge in [0.15, 0.2) is 0 Å². The number of aliphatic carboxylic acids is 2. The Labute approximate surface area is 124 Å². The van der Waals surface area contributed by atoms with Crippen molar-refractivity contribution in [3.05, 3.63) is 23.8 Å². The highest BCUT2D eigenvalue weighted by Crippen LogP contribution is 2.04. The molecular formula is C11H15N7O4. The number of hydrogen-bond donors (Lipinski definition) is 2. The van der Waals surface area contributed by atoms with E-state index in [1.165, 1.54) is 9.36 Å². The van der Waals surface area contributed by atoms with E-state index >= 15 is 0 Å². The molecule has 11 heteroatoms. The number of carboxylic acids is 2. The highest BCUT2D eigenvalue weighted by molar-refractivity contribution is 5.66. The molecule has 0 unspecified atom stereocenters. The second-order valence-electron chi connectivity index (χ2n) is 4.77. The van der Waals surface area contributed by atoms with Gasteiger partial charge in [-0.25, -0.2) is 9.36 Å². The fourth-order valence-electron chi connectivity index (χ4n) is 1.86. The Morgan fingerprint density at radius 3 is 1.77 bits per heavy atom. The highest BCUT2D eigenvalue weighted by atomic mass is 16.4. The van der Waals surface area contributed by atoms with Crippen molar-refractivity contribution in [2.45, 2.75) is 26.2 Å². The number of rotatable bonds is 8. The Hall–Kier alpha value is -2.82. The van der Waals surface area contributed by atoms with Gasteiger partial charge in [-0.05, 0) is 7.05 Å². The molecule has 0 saturated heterocycles. The third-order valence-electron chi connectivity index (χ3n) is 2.63. The molecule has 0 saturated carbocycles. The highest BCUT2D eigenvalue weighted by Gasteiger charge is 2.10. The number of nitrogens with zero attached hydrogens (tertiary/aromatic N) is 7. The van der Waals surface area contributed by atoms with Crippen LogP contribution in [0.15, 0.2) is 12.4 Å². The van der Waals surface area contributed by atoms with Gasteiger partial charge < -0.3 is 10.2 Å². The van der Waals surface area contributed by atoms with E-state index in [2.05, 4.69) is 20.6 Å². The van der Waals surface area contributed by atoms with Crippen LogP contribution in [0, 0.1) is 0 Å². The first kappa shape index (κ1) is 15.6. The molecule has 0 aromatic carbocycles. The predicted molar refractivity (Wildman–Crippen MR) is 70.5 cm³/mol. The van der Waals surface area contributed by atoms with Gasteiger partial charge in [0.2, 0.25) is 0 Å². The van der Waals surface area contributed by atoms with Crippen molar-refractivity contribution in [2.75, 3.05) is 7.05 Å². The van der Waals surface area contributed by atoms with Crippen LogP contribution in [0.2, 0.25) is 0 Å². The van der Waals surface area contributed by atoms with Gasteiger partial charge in [0.25, 0.3) is 0 Å². The Bertz CT molecular complexity index is 609. The van der Waals surface area contributed by atoms with Crippen molar-refractivity contribution in [1.82, 2.24) is 34.9 Å². The molecule has 22 heavy (non-hydrogen) atoms. The van der Waals surface area contributed by atoms with Gasteiger partial charge >= 0.3 is 11.9 Å². The maximum atomic E-state index is 10.6. The maximum absolute atomic E-state index is 10.6. The second-order valence-corrected chi connectivity index (χ2v) is 4.77. The first-order valence-electron chi connectivity index (χ1n) is 6.32. The van der Waals surface area contributed by atoms with Gasteiger partial charge in [0.1, 0.15) is 13.1 Å². The van der Waals surface area contributed by atoms with Gasteiger partial charge in [0.05, 0.1) is 23.8 Å². The summed E-state index contributed by atoms with van der Waals surface area (Å²) in [4.78, 5) is 23.0. The number of carbonyl (C=O) groups is 2. The summed E-state index contributed by atoms with van der Waals surface area (Å²) in [6.45, 7) is 0.428. The zero-order valence-electron chi connectivity index (χ0n) is 11.8. The number of carboxylic acid groups (broad SMARTS) is 2. The molecule has 0 amide bonds. The SMILES string of the molecule is CN(Cc1cn(CC(=O)O)nn1)Cc1cn(CC(=O)O)nn1. The van der Waals surface area contributed by atoms with Crippen LogP contribution in [0.4, 0.5) is 0 Å². The van der Waals surface area contributed by atoms with Crippen LogP contribution >= 0.6 is 0 Å². The third kappa shape index (κ3) is 4.63. The van der Waals surface area contributed by atoms with E-state index in [0.717, 1.165) is 0 Å². The van der Waals surface area contributed by atoms with E-state index in [9.17, 15) is 9.59 Å². The Morgan fingerprint density at radius 1 is 1.00 bits per heavy atom.